The third-order valence-corrected chi connectivity index (χ3v) is 3.85. The monoisotopic (exact) mass is 360 g/mol. The van der Waals surface area contributed by atoms with Crippen LogP contribution in [0.1, 0.15) is 5.56 Å². The van der Waals surface area contributed by atoms with Crippen LogP contribution >= 0.6 is 11.6 Å². The first-order valence-electron chi connectivity index (χ1n) is 7.37. The summed E-state index contributed by atoms with van der Waals surface area (Å²) in [5.41, 5.74) is 0.831. The van der Waals surface area contributed by atoms with Gasteiger partial charge in [0.25, 0.3) is 0 Å². The van der Waals surface area contributed by atoms with Crippen LogP contribution in [-0.2, 0) is 11.2 Å². The molecule has 2 N–H and O–H groups in total. The molecule has 2 aromatic carbocycles. The van der Waals surface area contributed by atoms with E-state index in [4.69, 9.17) is 16.3 Å². The molecule has 6 nitrogen and oxygen atoms in total. The minimum absolute atomic E-state index is 0.0818. The van der Waals surface area contributed by atoms with E-state index in [0.717, 1.165) is 0 Å². The molecule has 0 aliphatic heterocycles. The van der Waals surface area contributed by atoms with Crippen molar-refractivity contribution >= 4 is 23.5 Å². The summed E-state index contributed by atoms with van der Waals surface area (Å²) in [7, 11) is 1.55. The molecular formula is C17H14ClFN4O2. The van der Waals surface area contributed by atoms with Gasteiger partial charge >= 0.3 is 0 Å². The zero-order valence-electron chi connectivity index (χ0n) is 13.2. The summed E-state index contributed by atoms with van der Waals surface area (Å²) in [4.78, 5) is 16.3. The Morgan fingerprint density at radius 2 is 2.08 bits per heavy atom. The lowest BCUT2D eigenvalue weighted by Gasteiger charge is -2.05. The van der Waals surface area contributed by atoms with E-state index in [9.17, 15) is 9.18 Å². The zero-order valence-corrected chi connectivity index (χ0v) is 14.0. The van der Waals surface area contributed by atoms with Crippen LogP contribution in [-0.4, -0.2) is 28.2 Å². The van der Waals surface area contributed by atoms with E-state index >= 15 is 0 Å². The molecule has 0 atom stereocenters. The smallest absolute Gasteiger partial charge is 0.249 e. The number of hydrogen-bond acceptors (Lipinski definition) is 4. The van der Waals surface area contributed by atoms with Crippen LogP contribution in [0, 0.1) is 5.82 Å². The molecule has 3 rings (SSSR count). The molecule has 128 valence electrons. The van der Waals surface area contributed by atoms with Crippen LogP contribution in [0.5, 0.6) is 5.75 Å². The lowest BCUT2D eigenvalue weighted by molar-refractivity contribution is -0.115. The van der Waals surface area contributed by atoms with Crippen LogP contribution in [0.25, 0.3) is 11.4 Å². The van der Waals surface area contributed by atoms with E-state index in [1.165, 1.54) is 18.2 Å². The second-order valence-corrected chi connectivity index (χ2v) is 5.54. The molecule has 0 bridgehead atoms. The highest BCUT2D eigenvalue weighted by Gasteiger charge is 2.15. The highest BCUT2D eigenvalue weighted by atomic mass is 35.5. The Balaban J connectivity index is 1.74. The molecule has 25 heavy (non-hydrogen) atoms. The van der Waals surface area contributed by atoms with Gasteiger partial charge in [0, 0.05) is 10.6 Å². The molecule has 0 spiro atoms. The van der Waals surface area contributed by atoms with Gasteiger partial charge in [0.05, 0.1) is 19.1 Å². The summed E-state index contributed by atoms with van der Waals surface area (Å²) < 4.78 is 19.0. The van der Waals surface area contributed by atoms with E-state index in [0.29, 0.717) is 17.1 Å². The van der Waals surface area contributed by atoms with Crippen LogP contribution in [0.3, 0.4) is 0 Å². The van der Waals surface area contributed by atoms with Crippen LogP contribution in [0.15, 0.2) is 42.5 Å². The number of para-hydroxylation sites is 1. The zero-order chi connectivity index (χ0) is 17.8. The van der Waals surface area contributed by atoms with Gasteiger partial charge in [-0.2, -0.15) is 4.98 Å². The van der Waals surface area contributed by atoms with Crippen LogP contribution < -0.4 is 10.1 Å². The summed E-state index contributed by atoms with van der Waals surface area (Å²) in [6.07, 6.45) is -0.218. The van der Waals surface area contributed by atoms with Crippen molar-refractivity contribution < 1.29 is 13.9 Å². The molecule has 0 aliphatic carbocycles. The van der Waals surface area contributed by atoms with Gasteiger partial charge in [-0.15, -0.1) is 5.10 Å². The summed E-state index contributed by atoms with van der Waals surface area (Å²) in [5.74, 6) is 0.134. The topological polar surface area (TPSA) is 79.9 Å². The molecule has 8 heteroatoms. The number of anilines is 1. The lowest BCUT2D eigenvalue weighted by Crippen LogP contribution is -2.16. The largest absolute Gasteiger partial charge is 0.496 e. The first-order valence-corrected chi connectivity index (χ1v) is 7.75. The first-order chi connectivity index (χ1) is 12.1. The van der Waals surface area contributed by atoms with Crippen molar-refractivity contribution in [2.45, 2.75) is 6.42 Å². The van der Waals surface area contributed by atoms with Gasteiger partial charge in [-0.1, -0.05) is 29.8 Å². The van der Waals surface area contributed by atoms with Crippen molar-refractivity contribution in [1.29, 1.82) is 0 Å². The van der Waals surface area contributed by atoms with E-state index in [-0.39, 0.29) is 23.0 Å². The third-order valence-electron chi connectivity index (χ3n) is 3.50. The number of ether oxygens (including phenoxy) is 1. The number of nitrogens with zero attached hydrogens (tertiary/aromatic N) is 2. The molecule has 0 saturated carbocycles. The molecule has 1 aromatic heterocycles. The van der Waals surface area contributed by atoms with Crippen molar-refractivity contribution in [2.75, 3.05) is 12.4 Å². The SMILES string of the molecule is COc1ccccc1-c1nc(NC(=O)Cc2c(F)cccc2Cl)n[nH]1. The van der Waals surface area contributed by atoms with Crippen molar-refractivity contribution in [2.24, 2.45) is 0 Å². The molecular weight excluding hydrogens is 347 g/mol. The van der Waals surface area contributed by atoms with E-state index in [1.807, 2.05) is 18.2 Å². The number of methoxy groups -OCH3 is 1. The average molecular weight is 361 g/mol. The summed E-state index contributed by atoms with van der Waals surface area (Å²) >= 11 is 5.92. The Hall–Kier alpha value is -2.93. The predicted octanol–water partition coefficient (Wildman–Crippen LogP) is 3.45. The fourth-order valence-corrected chi connectivity index (χ4v) is 2.54. The molecule has 3 aromatic rings. The maximum Gasteiger partial charge on any atom is 0.249 e. The maximum atomic E-state index is 13.7. The van der Waals surface area contributed by atoms with E-state index in [2.05, 4.69) is 20.5 Å². The fraction of sp³-hybridized carbons (Fsp3) is 0.118. The molecule has 0 aliphatic rings. The van der Waals surface area contributed by atoms with Gasteiger partial charge in [0.15, 0.2) is 5.82 Å². The Labute approximate surface area is 148 Å². The molecule has 0 fully saturated rings. The quantitative estimate of drug-likeness (QED) is 0.730. The van der Waals surface area contributed by atoms with Crippen molar-refractivity contribution in [3.05, 3.63) is 58.9 Å². The number of amides is 1. The second-order valence-electron chi connectivity index (χ2n) is 5.13. The number of rotatable bonds is 5. The number of carbonyl (C=O) groups is 1. The van der Waals surface area contributed by atoms with Gasteiger partial charge < -0.3 is 4.74 Å². The van der Waals surface area contributed by atoms with Gasteiger partial charge in [-0.25, -0.2) is 4.39 Å². The van der Waals surface area contributed by atoms with E-state index in [1.54, 1.807) is 13.2 Å². The Morgan fingerprint density at radius 3 is 2.84 bits per heavy atom. The van der Waals surface area contributed by atoms with Crippen LogP contribution in [0.2, 0.25) is 5.02 Å². The second kappa shape index (κ2) is 7.31. The Bertz CT molecular complexity index is 893. The number of nitrogens with one attached hydrogen (secondary N) is 2. The molecule has 0 radical (unpaired) electrons. The van der Waals surface area contributed by atoms with Crippen molar-refractivity contribution in [3.8, 4) is 17.1 Å². The van der Waals surface area contributed by atoms with Crippen LogP contribution in [0.4, 0.5) is 10.3 Å². The summed E-state index contributed by atoms with van der Waals surface area (Å²) in [6, 6.07) is 11.5. The lowest BCUT2D eigenvalue weighted by atomic mass is 10.1. The van der Waals surface area contributed by atoms with Crippen molar-refractivity contribution in [3.63, 3.8) is 0 Å². The Kier molecular flexibility index (Phi) is 4.95. The van der Waals surface area contributed by atoms with Gasteiger partial charge in [-0.3, -0.25) is 15.2 Å². The minimum Gasteiger partial charge on any atom is -0.496 e. The maximum absolute atomic E-state index is 13.7. The number of benzene rings is 2. The molecule has 0 unspecified atom stereocenters. The van der Waals surface area contributed by atoms with Gasteiger partial charge in [0.1, 0.15) is 11.6 Å². The summed E-state index contributed by atoms with van der Waals surface area (Å²) in [5, 5.41) is 9.39. The van der Waals surface area contributed by atoms with Gasteiger partial charge in [-0.05, 0) is 24.3 Å². The number of aromatic nitrogens is 3. The normalized spacial score (nSPS) is 10.5. The first kappa shape index (κ1) is 16.9. The van der Waals surface area contributed by atoms with E-state index < -0.39 is 11.7 Å². The number of aromatic amines is 1. The number of halogens is 2. The highest BCUT2D eigenvalue weighted by Crippen LogP contribution is 2.27. The van der Waals surface area contributed by atoms with Gasteiger partial charge in [0.2, 0.25) is 11.9 Å². The predicted molar refractivity (Wildman–Crippen MR) is 92.1 cm³/mol. The average Bonchev–Trinajstić information content (AvgIpc) is 3.06. The third kappa shape index (κ3) is 3.77. The van der Waals surface area contributed by atoms with Crippen molar-refractivity contribution in [1.82, 2.24) is 15.2 Å². The molecule has 1 heterocycles. The number of carbonyl (C=O) groups excluding carboxylic acids is 1. The minimum atomic E-state index is -0.535. The highest BCUT2D eigenvalue weighted by molar-refractivity contribution is 6.31. The Morgan fingerprint density at radius 1 is 1.28 bits per heavy atom. The number of H-pyrrole nitrogens is 1. The number of hydrogen-bond donors (Lipinski definition) is 2. The molecule has 0 saturated heterocycles. The fourth-order valence-electron chi connectivity index (χ4n) is 2.31. The standard InChI is InChI=1S/C17H14ClFN4O2/c1-25-14-8-3-2-5-10(14)16-21-17(23-22-16)20-15(24)9-11-12(18)6-4-7-13(11)19/h2-8H,9H2,1H3,(H2,20,21,22,23,24). The summed E-state index contributed by atoms with van der Waals surface area (Å²) in [6.45, 7) is 0. The molecule has 1 amide bonds.